The van der Waals surface area contributed by atoms with Gasteiger partial charge in [-0.3, -0.25) is 10.1 Å². The van der Waals surface area contributed by atoms with Crippen LogP contribution in [0, 0.1) is 10.1 Å². The molecule has 0 aromatic heterocycles. The van der Waals surface area contributed by atoms with Crippen molar-refractivity contribution in [1.82, 2.24) is 0 Å². The summed E-state index contributed by atoms with van der Waals surface area (Å²) in [4.78, 5) is 10.5. The molecule has 2 rings (SSSR count). The zero-order valence-corrected chi connectivity index (χ0v) is 11.9. The van der Waals surface area contributed by atoms with Gasteiger partial charge < -0.3 is 4.74 Å². The van der Waals surface area contributed by atoms with E-state index in [1.54, 1.807) is 12.1 Å². The van der Waals surface area contributed by atoms with Gasteiger partial charge in [0.1, 0.15) is 5.75 Å². The third-order valence-corrected chi connectivity index (χ3v) is 3.17. The molecular weight excluding hydrogens is 310 g/mol. The molecule has 0 N–H and O–H groups in total. The molecule has 0 saturated heterocycles. The maximum absolute atomic E-state index is 11.0. The van der Waals surface area contributed by atoms with Crippen LogP contribution in [0.3, 0.4) is 0 Å². The maximum atomic E-state index is 11.0. The number of ether oxygens (including phenoxy) is 1. The zero-order chi connectivity index (χ0) is 13.8. The molecule has 0 atom stereocenters. The minimum Gasteiger partial charge on any atom is -0.450 e. The molecule has 0 unspecified atom stereocenters. The van der Waals surface area contributed by atoms with Crippen molar-refractivity contribution in [3.8, 4) is 11.5 Å². The fourth-order valence-electron chi connectivity index (χ4n) is 1.64. The van der Waals surface area contributed by atoms with E-state index in [9.17, 15) is 10.1 Å². The third-order valence-electron chi connectivity index (χ3n) is 2.68. The van der Waals surface area contributed by atoms with Crippen molar-refractivity contribution in [2.75, 3.05) is 0 Å². The van der Waals surface area contributed by atoms with Gasteiger partial charge in [-0.1, -0.05) is 35.0 Å². The molecule has 19 heavy (non-hydrogen) atoms. The van der Waals surface area contributed by atoms with Crippen LogP contribution in [0.4, 0.5) is 5.69 Å². The first-order valence-electron chi connectivity index (χ1n) is 5.81. The first kappa shape index (κ1) is 13.5. The summed E-state index contributed by atoms with van der Waals surface area (Å²) in [5.74, 6) is 0.820. The first-order chi connectivity index (χ1) is 9.10. The summed E-state index contributed by atoms with van der Waals surface area (Å²) in [7, 11) is 0. The van der Waals surface area contributed by atoms with Crippen molar-refractivity contribution in [3.05, 3.63) is 62.6 Å². The molecule has 0 amide bonds. The van der Waals surface area contributed by atoms with Crippen molar-refractivity contribution in [3.63, 3.8) is 0 Å². The van der Waals surface area contributed by atoms with Crippen LogP contribution >= 0.6 is 15.9 Å². The van der Waals surface area contributed by atoms with E-state index in [0.717, 1.165) is 6.42 Å². The maximum Gasteiger partial charge on any atom is 0.312 e. The van der Waals surface area contributed by atoms with Gasteiger partial charge in [0.2, 0.25) is 5.75 Å². The van der Waals surface area contributed by atoms with Crippen LogP contribution in [0.15, 0.2) is 46.9 Å². The molecule has 0 aliphatic rings. The quantitative estimate of drug-likeness (QED) is 0.605. The number of benzene rings is 2. The Kier molecular flexibility index (Phi) is 4.16. The number of rotatable bonds is 4. The number of nitro groups is 1. The molecule has 0 fully saturated rings. The predicted octanol–water partition coefficient (Wildman–Crippen LogP) is 4.71. The van der Waals surface area contributed by atoms with Gasteiger partial charge in [0, 0.05) is 10.5 Å². The van der Waals surface area contributed by atoms with Crippen molar-refractivity contribution in [1.29, 1.82) is 0 Å². The number of aryl methyl sites for hydroxylation is 1. The summed E-state index contributed by atoms with van der Waals surface area (Å²) in [6, 6.07) is 12.2. The molecule has 2 aromatic carbocycles. The molecule has 0 bridgehead atoms. The average Bonchev–Trinajstić information content (AvgIpc) is 2.41. The summed E-state index contributed by atoms with van der Waals surface area (Å²) < 4.78 is 6.21. The van der Waals surface area contributed by atoms with Crippen LogP contribution in [0.1, 0.15) is 12.5 Å². The lowest BCUT2D eigenvalue weighted by Gasteiger charge is -2.07. The Hall–Kier alpha value is -1.88. The van der Waals surface area contributed by atoms with Gasteiger partial charge in [-0.25, -0.2) is 0 Å². The second-order valence-electron chi connectivity index (χ2n) is 3.97. The van der Waals surface area contributed by atoms with Gasteiger partial charge in [-0.15, -0.1) is 0 Å². The largest absolute Gasteiger partial charge is 0.450 e. The van der Waals surface area contributed by atoms with Crippen molar-refractivity contribution in [2.45, 2.75) is 13.3 Å². The van der Waals surface area contributed by atoms with Crippen LogP contribution in [-0.4, -0.2) is 4.92 Å². The van der Waals surface area contributed by atoms with Crippen LogP contribution < -0.4 is 4.74 Å². The van der Waals surface area contributed by atoms with Crippen LogP contribution in [0.5, 0.6) is 11.5 Å². The smallest absolute Gasteiger partial charge is 0.312 e. The van der Waals surface area contributed by atoms with E-state index in [1.165, 1.54) is 11.6 Å². The second kappa shape index (κ2) is 5.84. The molecule has 98 valence electrons. The Labute approximate surface area is 119 Å². The van der Waals surface area contributed by atoms with Gasteiger partial charge in [-0.05, 0) is 36.2 Å². The van der Waals surface area contributed by atoms with Gasteiger partial charge in [0.25, 0.3) is 0 Å². The van der Waals surface area contributed by atoms with E-state index < -0.39 is 4.92 Å². The Morgan fingerprint density at radius 3 is 2.47 bits per heavy atom. The third kappa shape index (κ3) is 3.32. The Bertz CT molecular complexity index is 596. The van der Waals surface area contributed by atoms with Crippen LogP contribution in [-0.2, 0) is 6.42 Å². The number of nitrogens with zero attached hydrogens (tertiary/aromatic N) is 1. The van der Waals surface area contributed by atoms with Crippen molar-refractivity contribution in [2.24, 2.45) is 0 Å². The Balaban J connectivity index is 2.29. The minimum absolute atomic E-state index is 0.0612. The zero-order valence-electron chi connectivity index (χ0n) is 10.3. The number of nitro benzene ring substituents is 1. The fourth-order valence-corrected chi connectivity index (χ4v) is 1.99. The van der Waals surface area contributed by atoms with E-state index in [0.29, 0.717) is 10.2 Å². The minimum atomic E-state index is -0.458. The van der Waals surface area contributed by atoms with Gasteiger partial charge in [0.05, 0.1) is 4.92 Å². The highest BCUT2D eigenvalue weighted by Crippen LogP contribution is 2.33. The highest BCUT2D eigenvalue weighted by molar-refractivity contribution is 9.10. The lowest BCUT2D eigenvalue weighted by atomic mass is 10.2. The standard InChI is InChI=1S/C14H12BrNO3/c1-2-10-3-6-12(7-4-10)19-14-8-5-11(15)9-13(14)16(17)18/h3-9H,2H2,1H3. The number of hydrogen-bond acceptors (Lipinski definition) is 3. The molecule has 0 aliphatic heterocycles. The number of halogens is 1. The monoisotopic (exact) mass is 321 g/mol. The summed E-state index contributed by atoms with van der Waals surface area (Å²) in [6.07, 6.45) is 0.943. The molecule has 4 nitrogen and oxygen atoms in total. The average molecular weight is 322 g/mol. The fraction of sp³-hybridized carbons (Fsp3) is 0.143. The van der Waals surface area contributed by atoms with E-state index in [2.05, 4.69) is 22.9 Å². The van der Waals surface area contributed by atoms with E-state index in [4.69, 9.17) is 4.74 Å². The summed E-state index contributed by atoms with van der Waals surface area (Å²) in [5.41, 5.74) is 1.13. The molecule has 2 aromatic rings. The molecule has 0 saturated carbocycles. The summed E-state index contributed by atoms with van der Waals surface area (Å²) in [5, 5.41) is 11.0. The highest BCUT2D eigenvalue weighted by Gasteiger charge is 2.16. The Morgan fingerprint density at radius 1 is 1.21 bits per heavy atom. The van der Waals surface area contributed by atoms with Crippen molar-refractivity contribution >= 4 is 21.6 Å². The van der Waals surface area contributed by atoms with E-state index >= 15 is 0 Å². The number of hydrogen-bond donors (Lipinski definition) is 0. The summed E-state index contributed by atoms with van der Waals surface area (Å²) in [6.45, 7) is 2.06. The Morgan fingerprint density at radius 2 is 1.89 bits per heavy atom. The lowest BCUT2D eigenvalue weighted by Crippen LogP contribution is -1.93. The summed E-state index contributed by atoms with van der Waals surface area (Å²) >= 11 is 3.21. The molecular formula is C14H12BrNO3. The van der Waals surface area contributed by atoms with Gasteiger partial charge in [-0.2, -0.15) is 0 Å². The molecule has 5 heteroatoms. The lowest BCUT2D eigenvalue weighted by molar-refractivity contribution is -0.385. The van der Waals surface area contributed by atoms with Gasteiger partial charge in [0.15, 0.2) is 0 Å². The topological polar surface area (TPSA) is 52.4 Å². The molecule has 0 heterocycles. The van der Waals surface area contributed by atoms with E-state index in [-0.39, 0.29) is 11.4 Å². The first-order valence-corrected chi connectivity index (χ1v) is 6.60. The molecule has 0 spiro atoms. The second-order valence-corrected chi connectivity index (χ2v) is 4.88. The molecule has 0 aliphatic carbocycles. The normalized spacial score (nSPS) is 10.2. The van der Waals surface area contributed by atoms with Gasteiger partial charge >= 0.3 is 5.69 Å². The van der Waals surface area contributed by atoms with Crippen LogP contribution in [0.25, 0.3) is 0 Å². The highest BCUT2D eigenvalue weighted by atomic mass is 79.9. The van der Waals surface area contributed by atoms with E-state index in [1.807, 2.05) is 24.3 Å². The van der Waals surface area contributed by atoms with Crippen molar-refractivity contribution < 1.29 is 9.66 Å². The molecule has 0 radical (unpaired) electrons. The SMILES string of the molecule is CCc1ccc(Oc2ccc(Br)cc2[N+](=O)[O-])cc1. The predicted molar refractivity (Wildman–Crippen MR) is 76.7 cm³/mol. The van der Waals surface area contributed by atoms with Crippen LogP contribution in [0.2, 0.25) is 0 Å².